The second kappa shape index (κ2) is 3.44. The van der Waals surface area contributed by atoms with Crippen LogP contribution in [0.4, 0.5) is 0 Å². The van der Waals surface area contributed by atoms with Crippen molar-refractivity contribution in [2.24, 2.45) is 0 Å². The van der Waals surface area contributed by atoms with Gasteiger partial charge in [-0.25, -0.2) is 0 Å². The van der Waals surface area contributed by atoms with E-state index in [1.807, 2.05) is 18.2 Å². The first-order valence-corrected chi connectivity index (χ1v) is 6.54. The van der Waals surface area contributed by atoms with E-state index >= 15 is 0 Å². The fraction of sp³-hybridized carbons (Fsp3) is 0.467. The molecule has 94 valence electrons. The molecular formula is C15H16O3. The molecule has 0 aromatic heterocycles. The minimum Gasteiger partial charge on any atom is -0.380 e. The van der Waals surface area contributed by atoms with Crippen molar-refractivity contribution in [2.45, 2.75) is 30.7 Å². The predicted molar refractivity (Wildman–Crippen MR) is 66.0 cm³/mol. The zero-order valence-corrected chi connectivity index (χ0v) is 10.2. The van der Waals surface area contributed by atoms with Gasteiger partial charge in [0.15, 0.2) is 5.79 Å². The van der Waals surface area contributed by atoms with Crippen molar-refractivity contribution < 1.29 is 14.6 Å². The molecule has 0 unspecified atom stereocenters. The molecule has 1 aliphatic heterocycles. The van der Waals surface area contributed by atoms with Crippen LogP contribution in [0.15, 0.2) is 35.9 Å². The average molecular weight is 244 g/mol. The highest BCUT2D eigenvalue weighted by Gasteiger charge is 2.55. The highest BCUT2D eigenvalue weighted by atomic mass is 16.7. The van der Waals surface area contributed by atoms with Gasteiger partial charge in [-0.15, -0.1) is 0 Å². The van der Waals surface area contributed by atoms with Gasteiger partial charge in [0, 0.05) is 18.4 Å². The highest BCUT2D eigenvalue weighted by molar-refractivity contribution is 5.51. The summed E-state index contributed by atoms with van der Waals surface area (Å²) < 4.78 is 11.6. The maximum atomic E-state index is 11.0. The lowest BCUT2D eigenvalue weighted by Crippen LogP contribution is -2.48. The predicted octanol–water partition coefficient (Wildman–Crippen LogP) is 1.89. The van der Waals surface area contributed by atoms with E-state index in [4.69, 9.17) is 9.47 Å². The van der Waals surface area contributed by atoms with Gasteiger partial charge in [0.2, 0.25) is 0 Å². The minimum atomic E-state index is -0.878. The van der Waals surface area contributed by atoms with Crippen LogP contribution in [0.3, 0.4) is 0 Å². The Hall–Kier alpha value is -1.16. The molecule has 1 saturated heterocycles. The Morgan fingerprint density at radius 1 is 1.11 bits per heavy atom. The molecule has 1 N–H and O–H groups in total. The fourth-order valence-corrected chi connectivity index (χ4v) is 3.52. The Balaban J connectivity index is 1.77. The fourth-order valence-electron chi connectivity index (χ4n) is 3.52. The van der Waals surface area contributed by atoms with Gasteiger partial charge in [-0.1, -0.05) is 30.3 Å². The number of allylic oxidation sites excluding steroid dienone is 1. The smallest absolute Gasteiger partial charge is 0.194 e. The van der Waals surface area contributed by atoms with Crippen LogP contribution in [0.25, 0.3) is 0 Å². The van der Waals surface area contributed by atoms with Crippen LogP contribution in [0, 0.1) is 0 Å². The molecule has 0 radical (unpaired) electrons. The van der Waals surface area contributed by atoms with Crippen LogP contribution < -0.4 is 0 Å². The normalized spacial score (nSPS) is 32.2. The molecule has 1 spiro atoms. The van der Waals surface area contributed by atoms with Crippen molar-refractivity contribution in [3.05, 3.63) is 47.0 Å². The van der Waals surface area contributed by atoms with Gasteiger partial charge < -0.3 is 14.6 Å². The van der Waals surface area contributed by atoms with Crippen LogP contribution in [0.1, 0.15) is 24.0 Å². The van der Waals surface area contributed by atoms with E-state index in [-0.39, 0.29) is 0 Å². The van der Waals surface area contributed by atoms with Crippen LogP contribution in [-0.4, -0.2) is 24.1 Å². The van der Waals surface area contributed by atoms with Crippen molar-refractivity contribution in [1.82, 2.24) is 0 Å². The quantitative estimate of drug-likeness (QED) is 0.767. The standard InChI is InChI=1S/C15H16O3/c16-14(10-11-4-1-2-5-12(11)14)13-6-3-7-15(13)17-8-9-18-15/h1-2,4-6,16H,3,7-10H2/t14-/m1/s1. The molecule has 2 aliphatic carbocycles. The Labute approximate surface area is 106 Å². The van der Waals surface area contributed by atoms with Gasteiger partial charge in [-0.2, -0.15) is 0 Å². The zero-order valence-electron chi connectivity index (χ0n) is 10.2. The Bertz CT molecular complexity index is 528. The van der Waals surface area contributed by atoms with E-state index in [1.165, 1.54) is 5.56 Å². The monoisotopic (exact) mass is 244 g/mol. The highest BCUT2D eigenvalue weighted by Crippen LogP contribution is 2.53. The van der Waals surface area contributed by atoms with E-state index in [1.54, 1.807) is 0 Å². The molecule has 0 amide bonds. The van der Waals surface area contributed by atoms with Gasteiger partial charge in [-0.05, 0) is 17.5 Å². The molecule has 3 heteroatoms. The molecular weight excluding hydrogens is 228 g/mol. The lowest BCUT2D eigenvalue weighted by Gasteiger charge is -2.45. The number of hydrogen-bond donors (Lipinski definition) is 1. The topological polar surface area (TPSA) is 38.7 Å². The second-order valence-corrected chi connectivity index (χ2v) is 5.30. The SMILES string of the molecule is O[C@]1(C2=CCCC23OCCO3)Cc2ccccc21. The summed E-state index contributed by atoms with van der Waals surface area (Å²) in [5, 5.41) is 11.0. The largest absolute Gasteiger partial charge is 0.380 e. The molecule has 1 atom stereocenters. The van der Waals surface area contributed by atoms with E-state index in [0.29, 0.717) is 19.6 Å². The lowest BCUT2D eigenvalue weighted by atomic mass is 9.68. The van der Waals surface area contributed by atoms with Crippen molar-refractivity contribution in [3.8, 4) is 0 Å². The number of ether oxygens (including phenoxy) is 2. The van der Waals surface area contributed by atoms with E-state index in [2.05, 4.69) is 12.1 Å². The van der Waals surface area contributed by atoms with Crippen molar-refractivity contribution in [1.29, 1.82) is 0 Å². The van der Waals surface area contributed by atoms with Crippen LogP contribution in [0.2, 0.25) is 0 Å². The molecule has 0 saturated carbocycles. The van der Waals surface area contributed by atoms with Gasteiger partial charge in [-0.3, -0.25) is 0 Å². The maximum Gasteiger partial charge on any atom is 0.194 e. The zero-order chi connectivity index (χ0) is 12.2. The molecule has 4 rings (SSSR count). The third-order valence-electron chi connectivity index (χ3n) is 4.34. The summed E-state index contributed by atoms with van der Waals surface area (Å²) in [5.41, 5.74) is 2.28. The Kier molecular flexibility index (Phi) is 2.05. The number of fused-ring (bicyclic) bond motifs is 1. The van der Waals surface area contributed by atoms with Crippen LogP contribution >= 0.6 is 0 Å². The van der Waals surface area contributed by atoms with Crippen molar-refractivity contribution >= 4 is 0 Å². The number of aliphatic hydroxyl groups is 1. The summed E-state index contributed by atoms with van der Waals surface area (Å²) in [6, 6.07) is 8.06. The molecule has 1 heterocycles. The summed E-state index contributed by atoms with van der Waals surface area (Å²) in [4.78, 5) is 0. The third kappa shape index (κ3) is 1.19. The van der Waals surface area contributed by atoms with E-state index < -0.39 is 11.4 Å². The average Bonchev–Trinajstić information content (AvgIpc) is 2.99. The summed E-state index contributed by atoms with van der Waals surface area (Å²) >= 11 is 0. The van der Waals surface area contributed by atoms with E-state index in [0.717, 1.165) is 24.0 Å². The van der Waals surface area contributed by atoms with Gasteiger partial charge in [0.1, 0.15) is 5.60 Å². The number of hydrogen-bond acceptors (Lipinski definition) is 3. The van der Waals surface area contributed by atoms with Crippen LogP contribution in [0.5, 0.6) is 0 Å². The van der Waals surface area contributed by atoms with Crippen molar-refractivity contribution in [3.63, 3.8) is 0 Å². The van der Waals surface area contributed by atoms with Crippen LogP contribution in [-0.2, 0) is 21.5 Å². The molecule has 18 heavy (non-hydrogen) atoms. The summed E-state index contributed by atoms with van der Waals surface area (Å²) in [7, 11) is 0. The Morgan fingerprint density at radius 3 is 2.67 bits per heavy atom. The number of benzene rings is 1. The molecule has 0 bridgehead atoms. The maximum absolute atomic E-state index is 11.0. The second-order valence-electron chi connectivity index (χ2n) is 5.30. The minimum absolute atomic E-state index is 0.620. The summed E-state index contributed by atoms with van der Waals surface area (Å²) in [5.74, 6) is -0.651. The molecule has 1 aromatic rings. The lowest BCUT2D eigenvalue weighted by molar-refractivity contribution is -0.148. The van der Waals surface area contributed by atoms with Gasteiger partial charge in [0.05, 0.1) is 13.2 Å². The first kappa shape index (κ1) is 10.7. The molecule has 3 nitrogen and oxygen atoms in total. The van der Waals surface area contributed by atoms with Gasteiger partial charge in [0.25, 0.3) is 0 Å². The molecule has 1 fully saturated rings. The molecule has 1 aromatic carbocycles. The first-order valence-electron chi connectivity index (χ1n) is 6.54. The Morgan fingerprint density at radius 2 is 1.89 bits per heavy atom. The summed E-state index contributed by atoms with van der Waals surface area (Å²) in [6.07, 6.45) is 4.51. The van der Waals surface area contributed by atoms with Gasteiger partial charge >= 0.3 is 0 Å². The summed E-state index contributed by atoms with van der Waals surface area (Å²) in [6.45, 7) is 1.24. The number of rotatable bonds is 1. The first-order chi connectivity index (χ1) is 8.75. The third-order valence-corrected chi connectivity index (χ3v) is 4.34. The van der Waals surface area contributed by atoms with Crippen molar-refractivity contribution in [2.75, 3.05) is 13.2 Å². The van der Waals surface area contributed by atoms with E-state index in [9.17, 15) is 5.11 Å². The molecule has 3 aliphatic rings.